The van der Waals surface area contributed by atoms with Crippen LogP contribution in [0.15, 0.2) is 29.6 Å². The summed E-state index contributed by atoms with van der Waals surface area (Å²) >= 11 is 0. The number of aromatic nitrogens is 7. The Bertz CT molecular complexity index is 1480. The molecule has 0 spiro atoms. The van der Waals surface area contributed by atoms with Crippen molar-refractivity contribution in [3.8, 4) is 0 Å². The van der Waals surface area contributed by atoms with Gasteiger partial charge >= 0.3 is 5.69 Å². The maximum atomic E-state index is 13.4. The van der Waals surface area contributed by atoms with Crippen LogP contribution >= 0.6 is 0 Å². The third-order valence-electron chi connectivity index (χ3n) is 8.97. The molecule has 0 aromatic carbocycles. The Labute approximate surface area is 195 Å². The zero-order valence-electron chi connectivity index (χ0n) is 19.5. The first kappa shape index (κ1) is 20.1. The molecule has 4 heterocycles. The first-order valence-electron chi connectivity index (χ1n) is 12.0. The fourth-order valence-electron chi connectivity index (χ4n) is 7.17. The molecule has 2 N–H and O–H groups in total. The average Bonchev–Trinajstić information content (AvgIpc) is 3.33. The summed E-state index contributed by atoms with van der Waals surface area (Å²) in [5.74, 6) is 1.90. The maximum Gasteiger partial charge on any atom is 0.330 e. The molecule has 176 valence electrons. The standard InChI is InChI=1S/C24H28N8O2/c1-12-4-19-26-11-27-31(19)10-17(12)28-22-25-9-18-21(29-22)32(23(33)30(18)3)20-13-5-15-7-14(20)8-16(6-13)24(15,2)34/h4,9-11,13-16,20,34H,5-8H2,1-3H3,(H,25,28,29). The van der Waals surface area contributed by atoms with E-state index in [0.29, 0.717) is 35.3 Å². The number of rotatable bonds is 3. The van der Waals surface area contributed by atoms with Gasteiger partial charge in [0, 0.05) is 13.1 Å². The van der Waals surface area contributed by atoms with E-state index in [4.69, 9.17) is 4.98 Å². The molecule has 4 aromatic heterocycles. The van der Waals surface area contributed by atoms with Gasteiger partial charge in [0.05, 0.1) is 23.7 Å². The molecule has 4 saturated carbocycles. The van der Waals surface area contributed by atoms with Crippen molar-refractivity contribution in [1.82, 2.24) is 33.7 Å². The van der Waals surface area contributed by atoms with Crippen molar-refractivity contribution >= 4 is 28.4 Å². The quantitative estimate of drug-likeness (QED) is 0.483. The molecule has 0 atom stereocenters. The Morgan fingerprint density at radius 2 is 1.85 bits per heavy atom. The van der Waals surface area contributed by atoms with E-state index in [1.54, 1.807) is 22.3 Å². The molecule has 4 bridgehead atoms. The van der Waals surface area contributed by atoms with E-state index in [1.807, 2.05) is 30.7 Å². The van der Waals surface area contributed by atoms with E-state index >= 15 is 0 Å². The fraction of sp³-hybridized carbons (Fsp3) is 0.542. The number of hydrogen-bond acceptors (Lipinski definition) is 7. The van der Waals surface area contributed by atoms with Gasteiger partial charge in [0.25, 0.3) is 0 Å². The molecule has 10 heteroatoms. The van der Waals surface area contributed by atoms with Gasteiger partial charge in [0.15, 0.2) is 11.3 Å². The first-order valence-corrected chi connectivity index (χ1v) is 12.0. The highest BCUT2D eigenvalue weighted by atomic mass is 16.3. The third-order valence-corrected chi connectivity index (χ3v) is 8.97. The van der Waals surface area contributed by atoms with Crippen molar-refractivity contribution in [2.45, 2.75) is 51.2 Å². The summed E-state index contributed by atoms with van der Waals surface area (Å²) in [5, 5.41) is 18.5. The van der Waals surface area contributed by atoms with Gasteiger partial charge in [-0.05, 0) is 74.8 Å². The normalized spacial score (nSPS) is 32.2. The maximum absolute atomic E-state index is 13.4. The van der Waals surface area contributed by atoms with Crippen molar-refractivity contribution in [2.75, 3.05) is 5.32 Å². The molecule has 0 radical (unpaired) electrons. The van der Waals surface area contributed by atoms with Crippen molar-refractivity contribution in [1.29, 1.82) is 0 Å². The Morgan fingerprint density at radius 3 is 2.56 bits per heavy atom. The van der Waals surface area contributed by atoms with Crippen LogP contribution in [0.4, 0.5) is 11.6 Å². The molecule has 10 nitrogen and oxygen atoms in total. The summed E-state index contributed by atoms with van der Waals surface area (Å²) in [6.45, 7) is 4.01. The molecule has 4 fully saturated rings. The van der Waals surface area contributed by atoms with E-state index in [9.17, 15) is 9.90 Å². The molecule has 4 aromatic rings. The Kier molecular flexibility index (Phi) is 3.94. The molecule has 8 rings (SSSR count). The highest BCUT2D eigenvalue weighted by Gasteiger charge is 2.58. The van der Waals surface area contributed by atoms with E-state index < -0.39 is 5.60 Å². The molecular formula is C24H28N8O2. The monoisotopic (exact) mass is 460 g/mol. The third kappa shape index (κ3) is 2.63. The predicted octanol–water partition coefficient (Wildman–Crippen LogP) is 2.58. The van der Waals surface area contributed by atoms with Crippen LogP contribution in [0, 0.1) is 30.6 Å². The second kappa shape index (κ2) is 6.65. The lowest BCUT2D eigenvalue weighted by Crippen LogP contribution is -2.59. The van der Waals surface area contributed by atoms with Crippen LogP contribution in [-0.4, -0.2) is 44.4 Å². The summed E-state index contributed by atoms with van der Waals surface area (Å²) in [5.41, 5.74) is 3.42. The zero-order chi connectivity index (χ0) is 23.4. The van der Waals surface area contributed by atoms with E-state index in [-0.39, 0.29) is 11.7 Å². The molecular weight excluding hydrogens is 432 g/mol. The van der Waals surface area contributed by atoms with E-state index in [1.165, 1.54) is 6.33 Å². The smallest absolute Gasteiger partial charge is 0.330 e. The Morgan fingerprint density at radius 1 is 1.15 bits per heavy atom. The van der Waals surface area contributed by atoms with Crippen molar-refractivity contribution < 1.29 is 5.11 Å². The zero-order valence-corrected chi connectivity index (χ0v) is 19.5. The summed E-state index contributed by atoms with van der Waals surface area (Å²) in [6, 6.07) is 2.08. The predicted molar refractivity (Wildman–Crippen MR) is 126 cm³/mol. The second-order valence-corrected chi connectivity index (χ2v) is 10.7. The molecule has 34 heavy (non-hydrogen) atoms. The largest absolute Gasteiger partial charge is 0.390 e. The van der Waals surface area contributed by atoms with Crippen LogP contribution in [0.3, 0.4) is 0 Å². The summed E-state index contributed by atoms with van der Waals surface area (Å²) in [4.78, 5) is 27.0. The van der Waals surface area contributed by atoms with Crippen LogP contribution in [0.1, 0.15) is 44.2 Å². The lowest BCUT2D eigenvalue weighted by Gasteiger charge is -2.60. The number of anilines is 2. The highest BCUT2D eigenvalue weighted by molar-refractivity contribution is 5.73. The van der Waals surface area contributed by atoms with Gasteiger partial charge in [-0.25, -0.2) is 19.3 Å². The number of nitrogens with zero attached hydrogens (tertiary/aromatic N) is 7. The number of nitrogens with one attached hydrogen (secondary N) is 1. The number of fused-ring (bicyclic) bond motifs is 2. The van der Waals surface area contributed by atoms with Crippen LogP contribution < -0.4 is 11.0 Å². The SMILES string of the molecule is Cc1cc2ncnn2cc1Nc1ncc2c(n1)n(C1C3CC4CC1CC(C3)C4(C)O)c(=O)n2C. The van der Waals surface area contributed by atoms with Gasteiger partial charge in [-0.2, -0.15) is 10.1 Å². The molecule has 0 saturated heterocycles. The fourth-order valence-corrected chi connectivity index (χ4v) is 7.17. The number of imidazole rings is 1. The van der Waals surface area contributed by atoms with Gasteiger partial charge < -0.3 is 10.4 Å². The Hall–Kier alpha value is -3.27. The highest BCUT2D eigenvalue weighted by Crippen LogP contribution is 2.61. The van der Waals surface area contributed by atoms with Crippen LogP contribution in [0.25, 0.3) is 16.8 Å². The minimum absolute atomic E-state index is 0.0362. The summed E-state index contributed by atoms with van der Waals surface area (Å²) < 4.78 is 5.29. The van der Waals surface area contributed by atoms with E-state index in [2.05, 4.69) is 20.4 Å². The Balaban J connectivity index is 1.30. The number of pyridine rings is 1. The van der Waals surface area contributed by atoms with Crippen molar-refractivity contribution in [2.24, 2.45) is 30.7 Å². The lowest BCUT2D eigenvalue weighted by atomic mass is 9.48. The molecule has 4 aliphatic carbocycles. The lowest BCUT2D eigenvalue weighted by molar-refractivity contribution is -0.177. The molecule has 0 amide bonds. The molecule has 0 unspecified atom stereocenters. The molecule has 4 aliphatic rings. The topological polar surface area (TPSA) is 115 Å². The minimum atomic E-state index is -0.565. The van der Waals surface area contributed by atoms with Gasteiger partial charge in [0.2, 0.25) is 5.95 Å². The minimum Gasteiger partial charge on any atom is -0.390 e. The van der Waals surface area contributed by atoms with E-state index in [0.717, 1.165) is 48.1 Å². The number of aliphatic hydroxyl groups is 1. The molecule has 0 aliphatic heterocycles. The summed E-state index contributed by atoms with van der Waals surface area (Å²) in [7, 11) is 1.79. The van der Waals surface area contributed by atoms with Gasteiger partial charge in [0.1, 0.15) is 11.8 Å². The average molecular weight is 461 g/mol. The van der Waals surface area contributed by atoms with Gasteiger partial charge in [-0.1, -0.05) is 0 Å². The first-order chi connectivity index (χ1) is 16.3. The van der Waals surface area contributed by atoms with Gasteiger partial charge in [-0.3, -0.25) is 9.13 Å². The number of aryl methyl sites for hydroxylation is 2. The van der Waals surface area contributed by atoms with Gasteiger partial charge in [-0.15, -0.1) is 0 Å². The number of hydrogen-bond donors (Lipinski definition) is 2. The summed E-state index contributed by atoms with van der Waals surface area (Å²) in [6.07, 6.45) is 9.01. The van der Waals surface area contributed by atoms with Crippen molar-refractivity contribution in [3.63, 3.8) is 0 Å². The van der Waals surface area contributed by atoms with Crippen LogP contribution in [0.2, 0.25) is 0 Å². The second-order valence-electron chi connectivity index (χ2n) is 10.7. The van der Waals surface area contributed by atoms with Crippen LogP contribution in [0.5, 0.6) is 0 Å². The van der Waals surface area contributed by atoms with Crippen molar-refractivity contribution in [3.05, 3.63) is 40.8 Å². The van der Waals surface area contributed by atoms with Crippen LogP contribution in [-0.2, 0) is 7.05 Å².